The highest BCUT2D eigenvalue weighted by atomic mass is 32.2. The SMILES string of the molecule is CC(C)c1ccc(C(=O)O)cc1S(=O)(=O)N(C)CCF. The van der Waals surface area contributed by atoms with Crippen LogP contribution < -0.4 is 0 Å². The summed E-state index contributed by atoms with van der Waals surface area (Å²) in [6, 6.07) is 3.98. The number of carboxylic acid groups (broad SMARTS) is 1. The van der Waals surface area contributed by atoms with Crippen molar-refractivity contribution in [2.45, 2.75) is 24.7 Å². The quantitative estimate of drug-likeness (QED) is 0.873. The summed E-state index contributed by atoms with van der Waals surface area (Å²) in [7, 11) is -2.63. The molecule has 0 saturated heterocycles. The van der Waals surface area contributed by atoms with Crippen LogP contribution in [0.5, 0.6) is 0 Å². The Bertz CT molecular complexity index is 598. The average molecular weight is 303 g/mol. The van der Waals surface area contributed by atoms with Gasteiger partial charge in [-0.15, -0.1) is 0 Å². The Hall–Kier alpha value is -1.47. The van der Waals surface area contributed by atoms with E-state index in [1.165, 1.54) is 19.2 Å². The Kier molecular flexibility index (Phi) is 5.24. The molecule has 0 unspecified atom stereocenters. The summed E-state index contributed by atoms with van der Waals surface area (Å²) in [5.74, 6) is -1.30. The molecule has 112 valence electrons. The fourth-order valence-electron chi connectivity index (χ4n) is 1.77. The van der Waals surface area contributed by atoms with Gasteiger partial charge in [-0.2, -0.15) is 4.31 Å². The maximum atomic E-state index is 12.4. The van der Waals surface area contributed by atoms with Gasteiger partial charge in [0.2, 0.25) is 10.0 Å². The number of carbonyl (C=O) groups is 1. The van der Waals surface area contributed by atoms with Gasteiger partial charge in [-0.25, -0.2) is 17.6 Å². The summed E-state index contributed by atoms with van der Waals surface area (Å²) in [4.78, 5) is 10.9. The molecule has 1 aromatic carbocycles. The zero-order chi connectivity index (χ0) is 15.5. The molecule has 0 heterocycles. The van der Waals surface area contributed by atoms with E-state index in [-0.39, 0.29) is 22.9 Å². The average Bonchev–Trinajstić information content (AvgIpc) is 2.37. The van der Waals surface area contributed by atoms with Crippen molar-refractivity contribution in [3.63, 3.8) is 0 Å². The zero-order valence-corrected chi connectivity index (χ0v) is 12.4. The highest BCUT2D eigenvalue weighted by Crippen LogP contribution is 2.27. The van der Waals surface area contributed by atoms with Crippen molar-refractivity contribution in [2.24, 2.45) is 0 Å². The molecule has 0 aromatic heterocycles. The second kappa shape index (κ2) is 6.32. The van der Waals surface area contributed by atoms with Crippen molar-refractivity contribution >= 4 is 16.0 Å². The molecule has 0 bridgehead atoms. The first-order chi connectivity index (χ1) is 9.21. The molecule has 0 atom stereocenters. The molecule has 20 heavy (non-hydrogen) atoms. The first-order valence-electron chi connectivity index (χ1n) is 6.11. The topological polar surface area (TPSA) is 74.7 Å². The van der Waals surface area contributed by atoms with Crippen LogP contribution in [-0.2, 0) is 10.0 Å². The van der Waals surface area contributed by atoms with Gasteiger partial charge < -0.3 is 5.11 Å². The monoisotopic (exact) mass is 303 g/mol. The third kappa shape index (κ3) is 3.34. The van der Waals surface area contributed by atoms with Crippen molar-refractivity contribution in [2.75, 3.05) is 20.3 Å². The van der Waals surface area contributed by atoms with Gasteiger partial charge in [0.25, 0.3) is 0 Å². The smallest absolute Gasteiger partial charge is 0.335 e. The fraction of sp³-hybridized carbons (Fsp3) is 0.462. The Morgan fingerprint density at radius 1 is 1.40 bits per heavy atom. The summed E-state index contributed by atoms with van der Waals surface area (Å²) in [5, 5.41) is 8.98. The van der Waals surface area contributed by atoms with Crippen LogP contribution >= 0.6 is 0 Å². The molecule has 1 rings (SSSR count). The normalized spacial score (nSPS) is 12.1. The van der Waals surface area contributed by atoms with E-state index in [4.69, 9.17) is 5.11 Å². The second-order valence-electron chi connectivity index (χ2n) is 4.73. The lowest BCUT2D eigenvalue weighted by Crippen LogP contribution is -2.30. The molecule has 0 amide bonds. The highest BCUT2D eigenvalue weighted by Gasteiger charge is 2.26. The molecule has 0 aliphatic carbocycles. The van der Waals surface area contributed by atoms with Crippen LogP contribution in [0.15, 0.2) is 23.1 Å². The summed E-state index contributed by atoms with van der Waals surface area (Å²) in [6.45, 7) is 2.55. The van der Waals surface area contributed by atoms with E-state index < -0.39 is 22.7 Å². The Morgan fingerprint density at radius 3 is 2.45 bits per heavy atom. The molecule has 1 N–H and O–H groups in total. The van der Waals surface area contributed by atoms with E-state index in [0.29, 0.717) is 5.56 Å². The van der Waals surface area contributed by atoms with Crippen molar-refractivity contribution < 1.29 is 22.7 Å². The molecular formula is C13H18FNO4S. The van der Waals surface area contributed by atoms with Gasteiger partial charge in [0.1, 0.15) is 6.67 Å². The molecule has 1 aromatic rings. The van der Waals surface area contributed by atoms with Crippen molar-refractivity contribution in [3.8, 4) is 0 Å². The predicted octanol–water partition coefficient (Wildman–Crippen LogP) is 2.10. The van der Waals surface area contributed by atoms with E-state index in [1.54, 1.807) is 0 Å². The van der Waals surface area contributed by atoms with Gasteiger partial charge in [0.15, 0.2) is 0 Å². The van der Waals surface area contributed by atoms with E-state index in [0.717, 1.165) is 10.4 Å². The number of carboxylic acids is 1. The molecule has 0 saturated carbocycles. The minimum Gasteiger partial charge on any atom is -0.478 e. The molecule has 5 nitrogen and oxygen atoms in total. The number of halogens is 1. The largest absolute Gasteiger partial charge is 0.478 e. The van der Waals surface area contributed by atoms with Crippen LogP contribution in [0.4, 0.5) is 4.39 Å². The van der Waals surface area contributed by atoms with E-state index in [1.807, 2.05) is 13.8 Å². The molecule has 0 aliphatic rings. The lowest BCUT2D eigenvalue weighted by Gasteiger charge is -2.20. The lowest BCUT2D eigenvalue weighted by atomic mass is 10.0. The lowest BCUT2D eigenvalue weighted by molar-refractivity contribution is 0.0696. The van der Waals surface area contributed by atoms with Crippen molar-refractivity contribution in [1.82, 2.24) is 4.31 Å². The molecule has 0 fully saturated rings. The number of alkyl halides is 1. The Labute approximate surface area is 118 Å². The van der Waals surface area contributed by atoms with Gasteiger partial charge >= 0.3 is 5.97 Å². The molecule has 0 aliphatic heterocycles. The molecule has 0 radical (unpaired) electrons. The maximum Gasteiger partial charge on any atom is 0.335 e. The van der Waals surface area contributed by atoms with Gasteiger partial charge in [0, 0.05) is 13.6 Å². The molecular weight excluding hydrogens is 285 g/mol. The summed E-state index contributed by atoms with van der Waals surface area (Å²) < 4.78 is 38.0. The van der Waals surface area contributed by atoms with Gasteiger partial charge in [-0.05, 0) is 23.6 Å². The minimum absolute atomic E-state index is 0.0802. The predicted molar refractivity (Wildman–Crippen MR) is 73.3 cm³/mol. The van der Waals surface area contributed by atoms with Crippen LogP contribution in [0.25, 0.3) is 0 Å². The summed E-state index contributed by atoms with van der Waals surface area (Å²) in [5.41, 5.74) is 0.405. The van der Waals surface area contributed by atoms with Crippen molar-refractivity contribution in [1.29, 1.82) is 0 Å². The number of hydrogen-bond donors (Lipinski definition) is 1. The third-order valence-electron chi connectivity index (χ3n) is 2.97. The standard InChI is InChI=1S/C13H18FNO4S/c1-9(2)11-5-4-10(13(16)17)8-12(11)20(18,19)15(3)7-6-14/h4-5,8-9H,6-7H2,1-3H3,(H,16,17). The van der Waals surface area contributed by atoms with Crippen LogP contribution in [0.2, 0.25) is 0 Å². The third-order valence-corrected chi connectivity index (χ3v) is 4.88. The fourth-order valence-corrected chi connectivity index (χ4v) is 3.30. The summed E-state index contributed by atoms with van der Waals surface area (Å²) in [6.07, 6.45) is 0. The van der Waals surface area contributed by atoms with Gasteiger partial charge in [-0.1, -0.05) is 19.9 Å². The first kappa shape index (κ1) is 16.6. The molecule has 7 heteroatoms. The zero-order valence-electron chi connectivity index (χ0n) is 11.6. The van der Waals surface area contributed by atoms with Gasteiger partial charge in [-0.3, -0.25) is 0 Å². The van der Waals surface area contributed by atoms with E-state index >= 15 is 0 Å². The van der Waals surface area contributed by atoms with Gasteiger partial charge in [0.05, 0.1) is 10.5 Å². The highest BCUT2D eigenvalue weighted by molar-refractivity contribution is 7.89. The van der Waals surface area contributed by atoms with E-state index in [2.05, 4.69) is 0 Å². The summed E-state index contributed by atoms with van der Waals surface area (Å²) >= 11 is 0. The van der Waals surface area contributed by atoms with E-state index in [9.17, 15) is 17.6 Å². The first-order valence-corrected chi connectivity index (χ1v) is 7.55. The Balaban J connectivity index is 3.47. The maximum absolute atomic E-state index is 12.4. The van der Waals surface area contributed by atoms with Crippen LogP contribution in [0, 0.1) is 0 Å². The molecule has 0 spiro atoms. The number of nitrogens with zero attached hydrogens (tertiary/aromatic N) is 1. The number of hydrogen-bond acceptors (Lipinski definition) is 3. The number of aromatic carboxylic acids is 1. The minimum atomic E-state index is -3.90. The number of rotatable bonds is 6. The van der Waals surface area contributed by atoms with Crippen LogP contribution in [0.1, 0.15) is 35.7 Å². The Morgan fingerprint density at radius 2 is 2.00 bits per heavy atom. The van der Waals surface area contributed by atoms with Crippen LogP contribution in [-0.4, -0.2) is 44.1 Å². The number of benzene rings is 1. The second-order valence-corrected chi connectivity index (χ2v) is 6.74. The van der Waals surface area contributed by atoms with Crippen molar-refractivity contribution in [3.05, 3.63) is 29.3 Å². The number of sulfonamides is 1. The van der Waals surface area contributed by atoms with Crippen LogP contribution in [0.3, 0.4) is 0 Å².